The fourth-order valence-corrected chi connectivity index (χ4v) is 2.18. The second-order valence-electron chi connectivity index (χ2n) is 3.17. The van der Waals surface area contributed by atoms with Crippen LogP contribution in [0.4, 0.5) is 5.69 Å². The number of thioether (sulfide) groups is 1. The maximum atomic E-state index is 10.7. The number of alkyl halides is 1. The highest BCUT2D eigenvalue weighted by Gasteiger charge is 2.15. The monoisotopic (exact) mass is 261 g/mol. The maximum absolute atomic E-state index is 10.7. The first kappa shape index (κ1) is 13.1. The second-order valence-corrected chi connectivity index (χ2v) is 4.99. The molecule has 0 aromatic heterocycles. The first-order valence-corrected chi connectivity index (χ1v) is 6.05. The molecule has 16 heavy (non-hydrogen) atoms. The third-order valence-corrected chi connectivity index (χ3v) is 3.64. The molecule has 0 N–H and O–H groups in total. The second kappa shape index (κ2) is 5.96. The minimum atomic E-state index is -0.460. The lowest BCUT2D eigenvalue weighted by atomic mass is 10.3. The smallest absolute Gasteiger partial charge is 0.310 e. The molecule has 0 spiro atoms. The predicted molar refractivity (Wildman–Crippen MR) is 65.7 cm³/mol. The van der Waals surface area contributed by atoms with Crippen molar-refractivity contribution in [2.75, 3.05) is 13.0 Å². The third kappa shape index (κ3) is 3.28. The Morgan fingerprint density at radius 2 is 2.31 bits per heavy atom. The number of rotatable bonds is 5. The third-order valence-electron chi connectivity index (χ3n) is 1.90. The predicted octanol–water partition coefficient (Wildman–Crippen LogP) is 3.32. The van der Waals surface area contributed by atoms with Crippen LogP contribution in [0.1, 0.15) is 6.92 Å². The van der Waals surface area contributed by atoms with Crippen LogP contribution in [-0.4, -0.2) is 23.2 Å². The summed E-state index contributed by atoms with van der Waals surface area (Å²) in [5.74, 6) is 0.807. The molecule has 1 aromatic carbocycles. The van der Waals surface area contributed by atoms with E-state index < -0.39 is 4.92 Å². The largest absolute Gasteiger partial charge is 0.490 e. The van der Waals surface area contributed by atoms with E-state index in [0.29, 0.717) is 5.88 Å². The Morgan fingerprint density at radius 3 is 2.81 bits per heavy atom. The van der Waals surface area contributed by atoms with E-state index in [0.717, 1.165) is 4.90 Å². The Bertz CT molecular complexity index is 386. The molecule has 0 bridgehead atoms. The van der Waals surface area contributed by atoms with Crippen molar-refractivity contribution in [1.29, 1.82) is 0 Å². The SMILES string of the molecule is COc1cc(SC(C)CCl)ccc1[N+](=O)[O-]. The van der Waals surface area contributed by atoms with Gasteiger partial charge < -0.3 is 4.74 Å². The lowest BCUT2D eigenvalue weighted by Crippen LogP contribution is -1.98. The Morgan fingerprint density at radius 1 is 1.62 bits per heavy atom. The molecule has 0 aliphatic carbocycles. The number of methoxy groups -OCH3 is 1. The number of hydrogen-bond acceptors (Lipinski definition) is 4. The van der Waals surface area contributed by atoms with E-state index in [-0.39, 0.29) is 16.7 Å². The average Bonchev–Trinajstić information content (AvgIpc) is 2.28. The van der Waals surface area contributed by atoms with Crippen LogP contribution in [0.2, 0.25) is 0 Å². The van der Waals surface area contributed by atoms with Crippen molar-refractivity contribution in [1.82, 2.24) is 0 Å². The van der Waals surface area contributed by atoms with Crippen molar-refractivity contribution in [2.45, 2.75) is 17.1 Å². The van der Waals surface area contributed by atoms with Gasteiger partial charge in [-0.2, -0.15) is 0 Å². The number of ether oxygens (including phenoxy) is 1. The molecule has 0 aliphatic rings. The van der Waals surface area contributed by atoms with Gasteiger partial charge in [-0.15, -0.1) is 23.4 Å². The number of nitrogens with zero attached hydrogens (tertiary/aromatic N) is 1. The van der Waals surface area contributed by atoms with Gasteiger partial charge in [-0.1, -0.05) is 6.92 Å². The summed E-state index contributed by atoms with van der Waals surface area (Å²) < 4.78 is 4.97. The summed E-state index contributed by atoms with van der Waals surface area (Å²) in [6.07, 6.45) is 0. The molecular formula is C10H12ClNO3S. The zero-order valence-electron chi connectivity index (χ0n) is 8.97. The normalized spacial score (nSPS) is 12.2. The van der Waals surface area contributed by atoms with Crippen LogP contribution in [0.15, 0.2) is 23.1 Å². The standard InChI is InChI=1S/C10H12ClNO3S/c1-7(6-11)16-8-3-4-9(12(13)14)10(5-8)15-2/h3-5,7H,6H2,1-2H3. The van der Waals surface area contributed by atoms with Crippen LogP contribution >= 0.6 is 23.4 Å². The molecule has 1 unspecified atom stereocenters. The number of hydrogen-bond donors (Lipinski definition) is 0. The van der Waals surface area contributed by atoms with E-state index in [1.54, 1.807) is 23.9 Å². The van der Waals surface area contributed by atoms with Crippen molar-refractivity contribution >= 4 is 29.1 Å². The van der Waals surface area contributed by atoms with Crippen LogP contribution in [0.25, 0.3) is 0 Å². The molecule has 4 nitrogen and oxygen atoms in total. The fourth-order valence-electron chi connectivity index (χ4n) is 1.15. The fraction of sp³-hybridized carbons (Fsp3) is 0.400. The molecule has 0 fully saturated rings. The lowest BCUT2D eigenvalue weighted by molar-refractivity contribution is -0.385. The number of nitro groups is 1. The summed E-state index contributed by atoms with van der Waals surface area (Å²) in [4.78, 5) is 11.1. The van der Waals surface area contributed by atoms with Gasteiger partial charge in [-0.3, -0.25) is 10.1 Å². The number of benzene rings is 1. The van der Waals surface area contributed by atoms with E-state index in [2.05, 4.69) is 0 Å². The first-order valence-electron chi connectivity index (χ1n) is 4.63. The summed E-state index contributed by atoms with van der Waals surface area (Å²) in [5.41, 5.74) is -0.0228. The zero-order valence-corrected chi connectivity index (χ0v) is 10.5. The van der Waals surface area contributed by atoms with E-state index in [9.17, 15) is 10.1 Å². The molecule has 0 amide bonds. The van der Waals surface area contributed by atoms with E-state index in [1.165, 1.54) is 13.2 Å². The summed E-state index contributed by atoms with van der Waals surface area (Å²) in [6, 6.07) is 4.81. The van der Waals surface area contributed by atoms with Gasteiger partial charge in [0.25, 0.3) is 0 Å². The van der Waals surface area contributed by atoms with Crippen LogP contribution < -0.4 is 4.74 Å². The van der Waals surface area contributed by atoms with Gasteiger partial charge in [-0.25, -0.2) is 0 Å². The van der Waals surface area contributed by atoms with Crippen molar-refractivity contribution in [3.05, 3.63) is 28.3 Å². The molecule has 0 heterocycles. The van der Waals surface area contributed by atoms with Gasteiger partial charge in [0.1, 0.15) is 0 Å². The van der Waals surface area contributed by atoms with Gasteiger partial charge in [0, 0.05) is 28.2 Å². The van der Waals surface area contributed by atoms with Gasteiger partial charge >= 0.3 is 5.69 Å². The Kier molecular flexibility index (Phi) is 4.89. The van der Waals surface area contributed by atoms with Gasteiger partial charge in [-0.05, 0) is 6.07 Å². The van der Waals surface area contributed by atoms with Crippen LogP contribution in [0.3, 0.4) is 0 Å². The first-order chi connectivity index (χ1) is 7.58. The van der Waals surface area contributed by atoms with Crippen LogP contribution in [-0.2, 0) is 0 Å². The van der Waals surface area contributed by atoms with Crippen LogP contribution in [0.5, 0.6) is 5.75 Å². The van der Waals surface area contributed by atoms with Crippen molar-refractivity contribution in [2.24, 2.45) is 0 Å². The minimum absolute atomic E-state index is 0.0228. The molecule has 6 heteroatoms. The molecule has 0 saturated carbocycles. The highest BCUT2D eigenvalue weighted by atomic mass is 35.5. The quantitative estimate of drug-likeness (QED) is 0.353. The topological polar surface area (TPSA) is 52.4 Å². The maximum Gasteiger partial charge on any atom is 0.310 e. The lowest BCUT2D eigenvalue weighted by Gasteiger charge is -2.08. The number of halogens is 1. The molecule has 88 valence electrons. The summed E-state index contributed by atoms with van der Waals surface area (Å²) in [7, 11) is 1.42. The Hall–Kier alpha value is -0.940. The molecule has 0 radical (unpaired) electrons. The summed E-state index contributed by atoms with van der Waals surface area (Å²) >= 11 is 7.26. The van der Waals surface area contributed by atoms with Crippen molar-refractivity contribution < 1.29 is 9.66 Å². The summed E-state index contributed by atoms with van der Waals surface area (Å²) in [6.45, 7) is 1.99. The Balaban J connectivity index is 2.95. The zero-order chi connectivity index (χ0) is 12.1. The van der Waals surface area contributed by atoms with E-state index in [4.69, 9.17) is 16.3 Å². The highest BCUT2D eigenvalue weighted by Crippen LogP contribution is 2.33. The molecule has 1 atom stereocenters. The van der Waals surface area contributed by atoms with Gasteiger partial charge in [0.05, 0.1) is 12.0 Å². The Labute approximate surface area is 103 Å². The van der Waals surface area contributed by atoms with Gasteiger partial charge in [0.15, 0.2) is 5.75 Å². The minimum Gasteiger partial charge on any atom is -0.490 e. The molecular weight excluding hydrogens is 250 g/mol. The molecule has 1 rings (SSSR count). The summed E-state index contributed by atoms with van der Waals surface area (Å²) in [5, 5.41) is 10.9. The van der Waals surface area contributed by atoms with E-state index >= 15 is 0 Å². The number of nitro benzene ring substituents is 1. The highest BCUT2D eigenvalue weighted by molar-refractivity contribution is 8.00. The van der Waals surface area contributed by atoms with Crippen molar-refractivity contribution in [3.63, 3.8) is 0 Å². The van der Waals surface area contributed by atoms with Gasteiger partial charge in [0.2, 0.25) is 0 Å². The van der Waals surface area contributed by atoms with E-state index in [1.807, 2.05) is 6.92 Å². The molecule has 0 aliphatic heterocycles. The average molecular weight is 262 g/mol. The van der Waals surface area contributed by atoms with Crippen LogP contribution in [0, 0.1) is 10.1 Å². The molecule has 1 aromatic rings. The molecule has 0 saturated heterocycles. The van der Waals surface area contributed by atoms with Crippen molar-refractivity contribution in [3.8, 4) is 5.75 Å².